The molecule has 1 fully saturated rings. The summed E-state index contributed by atoms with van der Waals surface area (Å²) in [5.41, 5.74) is 0.584. The number of sulfonamides is 1. The molecule has 0 spiro atoms. The van der Waals surface area contributed by atoms with Crippen LogP contribution in [0.1, 0.15) is 13.3 Å². The van der Waals surface area contributed by atoms with Gasteiger partial charge in [-0.3, -0.25) is 4.79 Å². The fourth-order valence-electron chi connectivity index (χ4n) is 2.77. The van der Waals surface area contributed by atoms with E-state index < -0.39 is 16.1 Å². The number of nitrogens with two attached hydrogens (primary N) is 1. The van der Waals surface area contributed by atoms with E-state index in [1.54, 1.807) is 23.1 Å². The lowest BCUT2D eigenvalue weighted by Gasteiger charge is -2.37. The Morgan fingerprint density at radius 3 is 2.39 bits per heavy atom. The number of anilines is 1. The molecular formula is C15H23N3O4S. The van der Waals surface area contributed by atoms with E-state index >= 15 is 0 Å². The van der Waals surface area contributed by atoms with E-state index in [4.69, 9.17) is 9.88 Å². The fraction of sp³-hybridized carbons (Fsp3) is 0.533. The van der Waals surface area contributed by atoms with Crippen LogP contribution in [0.2, 0.25) is 0 Å². The summed E-state index contributed by atoms with van der Waals surface area (Å²) >= 11 is 0. The molecule has 128 valence electrons. The van der Waals surface area contributed by atoms with Crippen LogP contribution in [0.3, 0.4) is 0 Å². The van der Waals surface area contributed by atoms with E-state index in [0.29, 0.717) is 38.3 Å². The molecule has 1 aliphatic heterocycles. The monoisotopic (exact) mass is 341 g/mol. The van der Waals surface area contributed by atoms with Crippen LogP contribution in [-0.4, -0.2) is 58.6 Å². The van der Waals surface area contributed by atoms with Crippen LogP contribution in [0.5, 0.6) is 0 Å². The Morgan fingerprint density at radius 2 is 1.87 bits per heavy atom. The first-order valence-corrected chi connectivity index (χ1v) is 9.11. The summed E-state index contributed by atoms with van der Waals surface area (Å²) < 4.78 is 28.6. The van der Waals surface area contributed by atoms with Crippen LogP contribution < -0.4 is 10.0 Å². The number of rotatable bonds is 5. The lowest BCUT2D eigenvalue weighted by molar-refractivity contribution is -0.142. The average molecular weight is 341 g/mol. The van der Waals surface area contributed by atoms with Crippen LogP contribution in [0.4, 0.5) is 5.69 Å². The van der Waals surface area contributed by atoms with Crippen LogP contribution in [-0.2, 0) is 19.6 Å². The van der Waals surface area contributed by atoms with Crippen LogP contribution in [0, 0.1) is 0 Å². The van der Waals surface area contributed by atoms with Gasteiger partial charge >= 0.3 is 0 Å². The van der Waals surface area contributed by atoms with Crippen molar-refractivity contribution in [1.29, 1.82) is 0 Å². The normalized spacial score (nSPS) is 17.2. The third-order valence-corrected chi connectivity index (χ3v) is 4.99. The molecule has 0 radical (unpaired) electrons. The van der Waals surface area contributed by atoms with E-state index in [1.165, 1.54) is 13.2 Å². The number of amides is 1. The van der Waals surface area contributed by atoms with Gasteiger partial charge < -0.3 is 14.5 Å². The maximum atomic E-state index is 12.3. The number of methoxy groups -OCH3 is 1. The lowest BCUT2D eigenvalue weighted by Crippen LogP contribution is -2.52. The number of hydrogen-bond donors (Lipinski definition) is 1. The standard InChI is InChI=1S/C15H23N3O4S/c1-3-13(22-2)15(19)18-10-8-17(9-11-18)12-6-4-5-7-14(12)23(16,20)21/h4-7,13H,3,8-11H2,1-2H3,(H2,16,20,21). The van der Waals surface area contributed by atoms with E-state index in [-0.39, 0.29) is 10.8 Å². The van der Waals surface area contributed by atoms with Crippen molar-refractivity contribution < 1.29 is 17.9 Å². The highest BCUT2D eigenvalue weighted by Crippen LogP contribution is 2.25. The first-order chi connectivity index (χ1) is 10.9. The minimum atomic E-state index is -3.78. The molecule has 1 aromatic rings. The van der Waals surface area contributed by atoms with Crippen molar-refractivity contribution in [2.75, 3.05) is 38.2 Å². The van der Waals surface area contributed by atoms with Crippen LogP contribution in [0.25, 0.3) is 0 Å². The Kier molecular flexibility index (Phi) is 5.61. The molecule has 1 atom stereocenters. The van der Waals surface area contributed by atoms with Crippen LogP contribution in [0.15, 0.2) is 29.2 Å². The van der Waals surface area contributed by atoms with Crippen molar-refractivity contribution in [2.24, 2.45) is 5.14 Å². The largest absolute Gasteiger partial charge is 0.372 e. The number of carbonyl (C=O) groups is 1. The Morgan fingerprint density at radius 1 is 1.26 bits per heavy atom. The van der Waals surface area contributed by atoms with Crippen molar-refractivity contribution >= 4 is 21.6 Å². The Labute approximate surface area is 137 Å². The van der Waals surface area contributed by atoms with E-state index in [2.05, 4.69) is 0 Å². The number of piperazine rings is 1. The van der Waals surface area contributed by atoms with Gasteiger partial charge in [0.2, 0.25) is 10.0 Å². The second-order valence-corrected chi connectivity index (χ2v) is 6.99. The number of ether oxygens (including phenoxy) is 1. The zero-order valence-electron chi connectivity index (χ0n) is 13.4. The first kappa shape index (κ1) is 17.7. The van der Waals surface area contributed by atoms with Crippen molar-refractivity contribution in [3.8, 4) is 0 Å². The molecule has 0 saturated carbocycles. The van der Waals surface area contributed by atoms with Gasteiger partial charge in [-0.15, -0.1) is 0 Å². The smallest absolute Gasteiger partial charge is 0.251 e. The maximum absolute atomic E-state index is 12.3. The highest BCUT2D eigenvalue weighted by atomic mass is 32.2. The predicted molar refractivity (Wildman–Crippen MR) is 87.7 cm³/mol. The van der Waals surface area contributed by atoms with Gasteiger partial charge in [0.1, 0.15) is 11.0 Å². The fourth-order valence-corrected chi connectivity index (χ4v) is 3.53. The van der Waals surface area contributed by atoms with Gasteiger partial charge in [-0.25, -0.2) is 13.6 Å². The van der Waals surface area contributed by atoms with Crippen molar-refractivity contribution in [3.63, 3.8) is 0 Å². The van der Waals surface area contributed by atoms with Crippen LogP contribution >= 0.6 is 0 Å². The van der Waals surface area contributed by atoms with Crippen molar-refractivity contribution in [1.82, 2.24) is 4.90 Å². The molecule has 8 heteroatoms. The summed E-state index contributed by atoms with van der Waals surface area (Å²) in [7, 11) is -2.24. The zero-order chi connectivity index (χ0) is 17.0. The Balaban J connectivity index is 2.10. The number of carbonyl (C=O) groups excluding carboxylic acids is 1. The molecule has 0 aromatic heterocycles. The third kappa shape index (κ3) is 4.01. The van der Waals surface area contributed by atoms with E-state index in [0.717, 1.165) is 0 Å². The minimum absolute atomic E-state index is 0.0191. The molecular weight excluding hydrogens is 318 g/mol. The zero-order valence-corrected chi connectivity index (χ0v) is 14.3. The van der Waals surface area contributed by atoms with Gasteiger partial charge in [0.05, 0.1) is 5.69 Å². The number of para-hydroxylation sites is 1. The second-order valence-electron chi connectivity index (χ2n) is 5.46. The molecule has 2 N–H and O–H groups in total. The lowest BCUT2D eigenvalue weighted by atomic mass is 10.2. The van der Waals surface area contributed by atoms with Gasteiger partial charge in [0.25, 0.3) is 5.91 Å². The van der Waals surface area contributed by atoms with Gasteiger partial charge in [0, 0.05) is 33.3 Å². The number of nitrogens with zero attached hydrogens (tertiary/aromatic N) is 2. The molecule has 1 aliphatic rings. The predicted octanol–water partition coefficient (Wildman–Crippen LogP) is 0.408. The quantitative estimate of drug-likeness (QED) is 0.837. The molecule has 2 rings (SSSR count). The molecule has 7 nitrogen and oxygen atoms in total. The van der Waals surface area contributed by atoms with Gasteiger partial charge in [-0.2, -0.15) is 0 Å². The highest BCUT2D eigenvalue weighted by molar-refractivity contribution is 7.89. The molecule has 0 aliphatic carbocycles. The maximum Gasteiger partial charge on any atom is 0.251 e. The number of hydrogen-bond acceptors (Lipinski definition) is 5. The summed E-state index contributed by atoms with van der Waals surface area (Å²) in [4.78, 5) is 16.1. The molecule has 1 unspecified atom stereocenters. The average Bonchev–Trinajstić information content (AvgIpc) is 2.55. The SMILES string of the molecule is CCC(OC)C(=O)N1CCN(c2ccccc2S(N)(=O)=O)CC1. The number of benzene rings is 1. The summed E-state index contributed by atoms with van der Waals surface area (Å²) in [6, 6.07) is 6.66. The summed E-state index contributed by atoms with van der Waals surface area (Å²) in [5.74, 6) is -0.0191. The van der Waals surface area contributed by atoms with E-state index in [1.807, 2.05) is 11.8 Å². The highest BCUT2D eigenvalue weighted by Gasteiger charge is 2.28. The molecule has 1 aromatic carbocycles. The Hall–Kier alpha value is -1.64. The molecule has 1 heterocycles. The van der Waals surface area contributed by atoms with E-state index in [9.17, 15) is 13.2 Å². The Bertz CT molecular complexity index is 650. The third-order valence-electron chi connectivity index (χ3n) is 4.03. The molecule has 23 heavy (non-hydrogen) atoms. The van der Waals surface area contributed by atoms with Crippen molar-refractivity contribution in [3.05, 3.63) is 24.3 Å². The number of primary sulfonamides is 1. The van der Waals surface area contributed by atoms with Gasteiger partial charge in [-0.05, 0) is 18.6 Å². The second kappa shape index (κ2) is 7.29. The summed E-state index contributed by atoms with van der Waals surface area (Å²) in [6.07, 6.45) is 0.210. The molecule has 0 bridgehead atoms. The topological polar surface area (TPSA) is 92.9 Å². The van der Waals surface area contributed by atoms with Gasteiger partial charge in [0.15, 0.2) is 0 Å². The minimum Gasteiger partial charge on any atom is -0.372 e. The summed E-state index contributed by atoms with van der Waals surface area (Å²) in [5, 5.41) is 5.28. The molecule has 1 amide bonds. The van der Waals surface area contributed by atoms with Gasteiger partial charge in [-0.1, -0.05) is 19.1 Å². The first-order valence-electron chi connectivity index (χ1n) is 7.56. The molecule has 1 saturated heterocycles. The summed E-state index contributed by atoms with van der Waals surface area (Å²) in [6.45, 7) is 4.07. The van der Waals surface area contributed by atoms with Crippen molar-refractivity contribution in [2.45, 2.75) is 24.3 Å².